The van der Waals surface area contributed by atoms with Crippen molar-refractivity contribution in [1.82, 2.24) is 10.3 Å². The van der Waals surface area contributed by atoms with Crippen LogP contribution < -0.4 is 10.6 Å². The third-order valence-electron chi connectivity index (χ3n) is 4.18. The molecule has 0 spiro atoms. The summed E-state index contributed by atoms with van der Waals surface area (Å²) in [5.41, 5.74) is 3.28. The number of carbonyl (C=O) groups excluding carboxylic acids is 2. The third-order valence-corrected chi connectivity index (χ3v) is 6.15. The average Bonchev–Trinajstić information content (AvgIpc) is 3.28. The van der Waals surface area contributed by atoms with E-state index in [4.69, 9.17) is 0 Å². The van der Waals surface area contributed by atoms with Crippen LogP contribution in [0.4, 0.5) is 5.13 Å². The van der Waals surface area contributed by atoms with Crippen molar-refractivity contribution in [2.75, 3.05) is 5.32 Å². The van der Waals surface area contributed by atoms with E-state index in [-0.39, 0.29) is 11.8 Å². The van der Waals surface area contributed by atoms with Gasteiger partial charge >= 0.3 is 0 Å². The smallest absolute Gasteiger partial charge is 0.267 e. The van der Waals surface area contributed by atoms with Crippen LogP contribution in [-0.2, 0) is 17.8 Å². The maximum absolute atomic E-state index is 12.5. The zero-order valence-corrected chi connectivity index (χ0v) is 17.8. The van der Waals surface area contributed by atoms with Gasteiger partial charge in [-0.05, 0) is 31.0 Å². The van der Waals surface area contributed by atoms with Crippen molar-refractivity contribution in [1.29, 1.82) is 0 Å². The summed E-state index contributed by atoms with van der Waals surface area (Å²) in [5.74, 6) is -0.273. The number of aromatic nitrogens is 1. The molecule has 0 bridgehead atoms. The minimum atomic E-state index is -0.183. The molecule has 2 N–H and O–H groups in total. The molecule has 2 heterocycles. The maximum Gasteiger partial charge on any atom is 0.267 e. The highest BCUT2D eigenvalue weighted by Gasteiger charge is 2.15. The Balaban J connectivity index is 1.69. The van der Waals surface area contributed by atoms with Gasteiger partial charge in [-0.3, -0.25) is 14.9 Å². The Kier molecular flexibility index (Phi) is 6.59. The van der Waals surface area contributed by atoms with Gasteiger partial charge in [0.15, 0.2) is 5.13 Å². The van der Waals surface area contributed by atoms with E-state index in [2.05, 4.69) is 46.8 Å². The highest BCUT2D eigenvalue weighted by atomic mass is 32.1. The van der Waals surface area contributed by atoms with Gasteiger partial charge < -0.3 is 5.32 Å². The summed E-state index contributed by atoms with van der Waals surface area (Å²) in [6.45, 7) is 6.09. The topological polar surface area (TPSA) is 71.1 Å². The summed E-state index contributed by atoms with van der Waals surface area (Å²) in [7, 11) is 0. The largest absolute Gasteiger partial charge is 0.351 e. The lowest BCUT2D eigenvalue weighted by Gasteiger charge is -2.02. The second-order valence-corrected chi connectivity index (χ2v) is 8.87. The molecule has 0 aliphatic rings. The maximum atomic E-state index is 12.5. The van der Waals surface area contributed by atoms with Crippen LogP contribution >= 0.6 is 22.7 Å². The van der Waals surface area contributed by atoms with E-state index in [1.807, 2.05) is 13.0 Å². The first-order valence-electron chi connectivity index (χ1n) is 9.17. The van der Waals surface area contributed by atoms with Crippen LogP contribution in [-0.4, -0.2) is 16.8 Å². The van der Waals surface area contributed by atoms with Crippen LogP contribution in [0.1, 0.15) is 45.3 Å². The molecule has 1 aromatic carbocycles. The normalized spacial score (nSPS) is 10.7. The Labute approximate surface area is 172 Å². The number of rotatable bonds is 7. The molecule has 0 unspecified atom stereocenters. The zero-order valence-electron chi connectivity index (χ0n) is 16.2. The Hall–Kier alpha value is -2.51. The van der Waals surface area contributed by atoms with Gasteiger partial charge in [-0.25, -0.2) is 4.98 Å². The molecule has 0 saturated carbocycles. The lowest BCUT2D eigenvalue weighted by atomic mass is 10.1. The van der Waals surface area contributed by atoms with Crippen LogP contribution in [0.15, 0.2) is 36.4 Å². The number of carbonyl (C=O) groups is 2. The van der Waals surface area contributed by atoms with E-state index in [1.165, 1.54) is 35.2 Å². The number of thiophene rings is 1. The van der Waals surface area contributed by atoms with Crippen molar-refractivity contribution in [3.63, 3.8) is 0 Å². The van der Waals surface area contributed by atoms with E-state index in [0.29, 0.717) is 16.6 Å². The fourth-order valence-electron chi connectivity index (χ4n) is 2.80. The zero-order chi connectivity index (χ0) is 20.1. The molecule has 2 amide bonds. The predicted molar refractivity (Wildman–Crippen MR) is 116 cm³/mol. The molecule has 3 rings (SSSR count). The third kappa shape index (κ3) is 5.05. The van der Waals surface area contributed by atoms with Crippen molar-refractivity contribution in [2.45, 2.75) is 40.2 Å². The summed E-state index contributed by atoms with van der Waals surface area (Å²) in [5, 5.41) is 6.21. The van der Waals surface area contributed by atoms with Crippen molar-refractivity contribution in [3.8, 4) is 11.3 Å². The highest BCUT2D eigenvalue weighted by molar-refractivity contribution is 7.16. The Bertz CT molecular complexity index is 974. The summed E-state index contributed by atoms with van der Waals surface area (Å²) >= 11 is 2.84. The fourth-order valence-corrected chi connectivity index (χ4v) is 4.47. The monoisotopic (exact) mass is 413 g/mol. The fraction of sp³-hybridized carbons (Fsp3) is 0.286. The number of benzene rings is 1. The minimum Gasteiger partial charge on any atom is -0.351 e. The molecule has 0 radical (unpaired) electrons. The number of hydrogen-bond donors (Lipinski definition) is 2. The van der Waals surface area contributed by atoms with E-state index < -0.39 is 0 Å². The number of nitrogens with one attached hydrogen (secondary N) is 2. The molecule has 2 aromatic heterocycles. The van der Waals surface area contributed by atoms with Crippen LogP contribution in [0.5, 0.6) is 0 Å². The molecular weight excluding hydrogens is 390 g/mol. The molecule has 0 aliphatic heterocycles. The van der Waals surface area contributed by atoms with Crippen molar-refractivity contribution >= 4 is 39.6 Å². The quantitative estimate of drug-likeness (QED) is 0.571. The van der Waals surface area contributed by atoms with Gasteiger partial charge in [0.05, 0.1) is 17.1 Å². The Morgan fingerprint density at radius 1 is 1.07 bits per heavy atom. The molecule has 0 saturated heterocycles. The first kappa shape index (κ1) is 20.2. The first-order chi connectivity index (χ1) is 13.5. The number of nitrogens with zero attached hydrogens (tertiary/aromatic N) is 1. The molecule has 7 heteroatoms. The van der Waals surface area contributed by atoms with Crippen molar-refractivity contribution < 1.29 is 9.59 Å². The van der Waals surface area contributed by atoms with Crippen LogP contribution in [0.3, 0.4) is 0 Å². The number of hydrogen-bond acceptors (Lipinski definition) is 5. The molecule has 0 atom stereocenters. The molecule has 28 heavy (non-hydrogen) atoms. The summed E-state index contributed by atoms with van der Waals surface area (Å²) < 4.78 is 0. The van der Waals surface area contributed by atoms with Gasteiger partial charge in [0.25, 0.3) is 5.91 Å². The lowest BCUT2D eigenvalue weighted by molar-refractivity contribution is -0.119. The van der Waals surface area contributed by atoms with Gasteiger partial charge in [0, 0.05) is 22.2 Å². The van der Waals surface area contributed by atoms with E-state index in [0.717, 1.165) is 33.9 Å². The van der Waals surface area contributed by atoms with Crippen LogP contribution in [0, 0.1) is 6.92 Å². The van der Waals surface area contributed by atoms with Gasteiger partial charge in [-0.1, -0.05) is 37.6 Å². The molecular formula is C21H23N3O2S2. The molecule has 0 fully saturated rings. The van der Waals surface area contributed by atoms with Crippen molar-refractivity contribution in [2.24, 2.45) is 0 Å². The Morgan fingerprint density at radius 3 is 2.50 bits per heavy atom. The lowest BCUT2D eigenvalue weighted by Crippen LogP contribution is -2.18. The standard InChI is InChI=1S/C21H23N3O2S2/c1-4-5-15-6-8-16(9-7-15)19-13(2)27-21(23-19)24-20(26)18-11-10-17(28-18)12-22-14(3)25/h6-11H,4-5,12H2,1-3H3,(H,22,25)(H,23,24,26). The second kappa shape index (κ2) is 9.12. The van der Waals surface area contributed by atoms with Gasteiger partial charge in [0.2, 0.25) is 5.91 Å². The molecule has 3 aromatic rings. The van der Waals surface area contributed by atoms with Gasteiger partial charge in [-0.15, -0.1) is 22.7 Å². The highest BCUT2D eigenvalue weighted by Crippen LogP contribution is 2.31. The van der Waals surface area contributed by atoms with Crippen molar-refractivity contribution in [3.05, 3.63) is 56.6 Å². The summed E-state index contributed by atoms with van der Waals surface area (Å²) in [4.78, 5) is 30.7. The molecule has 146 valence electrons. The SMILES string of the molecule is CCCc1ccc(-c2nc(NC(=O)c3ccc(CNC(C)=O)s3)sc2C)cc1. The van der Waals surface area contributed by atoms with E-state index in [1.54, 1.807) is 6.07 Å². The summed E-state index contributed by atoms with van der Waals surface area (Å²) in [6.07, 6.45) is 2.20. The minimum absolute atomic E-state index is 0.0899. The van der Waals surface area contributed by atoms with E-state index >= 15 is 0 Å². The van der Waals surface area contributed by atoms with E-state index in [9.17, 15) is 9.59 Å². The van der Waals surface area contributed by atoms with Gasteiger partial charge in [0.1, 0.15) is 0 Å². The van der Waals surface area contributed by atoms with Crippen LogP contribution in [0.25, 0.3) is 11.3 Å². The number of anilines is 1. The Morgan fingerprint density at radius 2 is 1.82 bits per heavy atom. The second-order valence-electron chi connectivity index (χ2n) is 6.50. The molecule has 0 aliphatic carbocycles. The van der Waals surface area contributed by atoms with Crippen LogP contribution in [0.2, 0.25) is 0 Å². The average molecular weight is 414 g/mol. The number of amides is 2. The summed E-state index contributed by atoms with van der Waals surface area (Å²) in [6, 6.07) is 12.1. The van der Waals surface area contributed by atoms with Gasteiger partial charge in [-0.2, -0.15) is 0 Å². The number of thiazole rings is 1. The molecule has 5 nitrogen and oxygen atoms in total. The number of aryl methyl sites for hydroxylation is 2. The predicted octanol–water partition coefficient (Wildman–Crippen LogP) is 5.02. The first-order valence-corrected chi connectivity index (χ1v) is 10.8.